The fourth-order valence-corrected chi connectivity index (χ4v) is 6.69. The van der Waals surface area contributed by atoms with E-state index in [2.05, 4.69) is 26.8 Å². The standard InChI is InChI=1S/C20H34O3/c1-18(2)8-4-9-19(3)15(18)7-10-20(13-22)16(19)6-5-14(12-21)11-17(20)23/h5,15-17,21-23H,4,6-13H2,1-3H3/t15-,16+,17?,19-,20-/m0/s1. The summed E-state index contributed by atoms with van der Waals surface area (Å²) in [6, 6.07) is 0. The van der Waals surface area contributed by atoms with Crippen molar-refractivity contribution in [3.05, 3.63) is 11.6 Å². The second-order valence-corrected chi connectivity index (χ2v) is 9.36. The first-order valence-electron chi connectivity index (χ1n) is 9.38. The highest BCUT2D eigenvalue weighted by molar-refractivity contribution is 5.18. The monoisotopic (exact) mass is 322 g/mol. The molecular formula is C20H34O3. The van der Waals surface area contributed by atoms with Gasteiger partial charge in [-0.1, -0.05) is 33.3 Å². The summed E-state index contributed by atoms with van der Waals surface area (Å²) in [5, 5.41) is 30.8. The molecule has 0 aromatic heterocycles. The second kappa shape index (κ2) is 5.86. The summed E-state index contributed by atoms with van der Waals surface area (Å²) < 4.78 is 0. The summed E-state index contributed by atoms with van der Waals surface area (Å²) in [5.41, 5.74) is 1.06. The molecule has 2 fully saturated rings. The predicted molar refractivity (Wildman–Crippen MR) is 91.9 cm³/mol. The van der Waals surface area contributed by atoms with Crippen LogP contribution in [0.3, 0.4) is 0 Å². The number of hydrogen-bond acceptors (Lipinski definition) is 3. The first kappa shape index (κ1) is 17.4. The van der Waals surface area contributed by atoms with E-state index in [-0.39, 0.29) is 18.6 Å². The smallest absolute Gasteiger partial charge is 0.0659 e. The Bertz CT molecular complexity index is 483. The minimum Gasteiger partial charge on any atom is -0.396 e. The quantitative estimate of drug-likeness (QED) is 0.684. The average Bonchev–Trinajstić information content (AvgIpc) is 2.64. The molecule has 0 radical (unpaired) electrons. The third-order valence-corrected chi connectivity index (χ3v) is 7.92. The molecule has 5 atom stereocenters. The van der Waals surface area contributed by atoms with Gasteiger partial charge in [0.05, 0.1) is 19.3 Å². The van der Waals surface area contributed by atoms with Crippen molar-refractivity contribution < 1.29 is 15.3 Å². The van der Waals surface area contributed by atoms with E-state index in [1.54, 1.807) is 0 Å². The molecule has 0 heterocycles. The molecule has 0 aliphatic heterocycles. The number of hydrogen-bond donors (Lipinski definition) is 3. The molecule has 3 aliphatic rings. The van der Waals surface area contributed by atoms with Crippen molar-refractivity contribution in [2.24, 2.45) is 28.1 Å². The van der Waals surface area contributed by atoms with E-state index in [1.807, 2.05) is 0 Å². The summed E-state index contributed by atoms with van der Waals surface area (Å²) in [7, 11) is 0. The van der Waals surface area contributed by atoms with Crippen LogP contribution >= 0.6 is 0 Å². The summed E-state index contributed by atoms with van der Waals surface area (Å²) in [6.07, 6.45) is 8.74. The molecule has 132 valence electrons. The zero-order chi connectivity index (χ0) is 16.9. The Hall–Kier alpha value is -0.380. The highest BCUT2D eigenvalue weighted by atomic mass is 16.3. The van der Waals surface area contributed by atoms with Gasteiger partial charge < -0.3 is 15.3 Å². The van der Waals surface area contributed by atoms with Gasteiger partial charge in [-0.05, 0) is 66.8 Å². The lowest BCUT2D eigenvalue weighted by Crippen LogP contribution is -2.59. The largest absolute Gasteiger partial charge is 0.396 e. The van der Waals surface area contributed by atoms with Crippen LogP contribution in [0.5, 0.6) is 0 Å². The highest BCUT2D eigenvalue weighted by Crippen LogP contribution is 2.66. The van der Waals surface area contributed by atoms with Crippen LogP contribution < -0.4 is 0 Å². The third kappa shape index (κ3) is 2.51. The molecule has 3 N–H and O–H groups in total. The number of fused-ring (bicyclic) bond motifs is 3. The maximum absolute atomic E-state index is 11.0. The van der Waals surface area contributed by atoms with E-state index < -0.39 is 11.5 Å². The van der Waals surface area contributed by atoms with E-state index >= 15 is 0 Å². The van der Waals surface area contributed by atoms with Crippen LogP contribution in [0.15, 0.2) is 11.6 Å². The molecule has 3 aliphatic carbocycles. The van der Waals surface area contributed by atoms with Crippen molar-refractivity contribution in [3.8, 4) is 0 Å². The van der Waals surface area contributed by atoms with E-state index in [9.17, 15) is 15.3 Å². The minimum absolute atomic E-state index is 0.0247. The van der Waals surface area contributed by atoms with Crippen LogP contribution in [-0.2, 0) is 0 Å². The van der Waals surface area contributed by atoms with Gasteiger partial charge in [0.2, 0.25) is 0 Å². The van der Waals surface area contributed by atoms with Gasteiger partial charge in [0.25, 0.3) is 0 Å². The topological polar surface area (TPSA) is 60.7 Å². The SMILES string of the molecule is CC1(C)CCC[C@@]2(C)[C@H]1CC[C@@]1(CO)C(O)CC(CO)=CC[C@@H]12. The Morgan fingerprint density at radius 3 is 2.48 bits per heavy atom. The van der Waals surface area contributed by atoms with Gasteiger partial charge in [0.1, 0.15) is 0 Å². The molecule has 0 bridgehead atoms. The Labute approximate surface area is 140 Å². The van der Waals surface area contributed by atoms with Crippen LogP contribution in [0.25, 0.3) is 0 Å². The Balaban J connectivity index is 2.04. The summed E-state index contributed by atoms with van der Waals surface area (Å²) in [6.45, 7) is 7.31. The molecule has 0 aromatic carbocycles. The van der Waals surface area contributed by atoms with Gasteiger partial charge in [-0.15, -0.1) is 0 Å². The molecule has 23 heavy (non-hydrogen) atoms. The van der Waals surface area contributed by atoms with Crippen molar-refractivity contribution in [3.63, 3.8) is 0 Å². The lowest BCUT2D eigenvalue weighted by atomic mass is 9.42. The number of rotatable bonds is 2. The molecule has 3 heteroatoms. The van der Waals surface area contributed by atoms with Crippen molar-refractivity contribution >= 4 is 0 Å². The van der Waals surface area contributed by atoms with Crippen LogP contribution in [0.2, 0.25) is 0 Å². The lowest BCUT2D eigenvalue weighted by Gasteiger charge is -2.63. The van der Waals surface area contributed by atoms with Gasteiger partial charge in [0, 0.05) is 5.41 Å². The zero-order valence-corrected chi connectivity index (χ0v) is 15.0. The van der Waals surface area contributed by atoms with Crippen LogP contribution in [0.1, 0.15) is 65.7 Å². The molecule has 3 rings (SSSR count). The second-order valence-electron chi connectivity index (χ2n) is 9.36. The maximum Gasteiger partial charge on any atom is 0.0659 e. The normalized spacial score (nSPS) is 46.3. The molecule has 0 spiro atoms. The van der Waals surface area contributed by atoms with Gasteiger partial charge in [-0.2, -0.15) is 0 Å². The lowest BCUT2D eigenvalue weighted by molar-refractivity contribution is -0.181. The van der Waals surface area contributed by atoms with Crippen molar-refractivity contribution in [1.82, 2.24) is 0 Å². The molecular weight excluding hydrogens is 288 g/mol. The Morgan fingerprint density at radius 2 is 1.83 bits per heavy atom. The average molecular weight is 322 g/mol. The predicted octanol–water partition coefficient (Wildman–Crippen LogP) is 3.28. The Kier molecular flexibility index (Phi) is 4.44. The number of aliphatic hydroxyl groups excluding tert-OH is 3. The highest BCUT2D eigenvalue weighted by Gasteiger charge is 2.61. The van der Waals surface area contributed by atoms with E-state index in [1.165, 1.54) is 19.3 Å². The van der Waals surface area contributed by atoms with Crippen LogP contribution in [0, 0.1) is 28.1 Å². The number of aliphatic hydroxyl groups is 3. The van der Waals surface area contributed by atoms with E-state index in [0.29, 0.717) is 23.7 Å². The summed E-state index contributed by atoms with van der Waals surface area (Å²) in [5.74, 6) is 0.960. The fourth-order valence-electron chi connectivity index (χ4n) is 6.69. The summed E-state index contributed by atoms with van der Waals surface area (Å²) >= 11 is 0. The molecule has 1 unspecified atom stereocenters. The summed E-state index contributed by atoms with van der Waals surface area (Å²) in [4.78, 5) is 0. The van der Waals surface area contributed by atoms with Gasteiger partial charge in [0.15, 0.2) is 0 Å². The minimum atomic E-state index is -0.541. The zero-order valence-electron chi connectivity index (χ0n) is 15.0. The molecule has 0 amide bonds. The molecule has 0 aromatic rings. The van der Waals surface area contributed by atoms with E-state index in [0.717, 1.165) is 24.8 Å². The van der Waals surface area contributed by atoms with Crippen LogP contribution in [0.4, 0.5) is 0 Å². The van der Waals surface area contributed by atoms with Crippen molar-refractivity contribution in [2.45, 2.75) is 71.8 Å². The van der Waals surface area contributed by atoms with Crippen molar-refractivity contribution in [2.75, 3.05) is 13.2 Å². The third-order valence-electron chi connectivity index (χ3n) is 7.92. The first-order valence-corrected chi connectivity index (χ1v) is 9.38. The molecule has 0 saturated heterocycles. The van der Waals surface area contributed by atoms with Gasteiger partial charge in [-0.3, -0.25) is 0 Å². The number of allylic oxidation sites excluding steroid dienone is 1. The molecule has 2 saturated carbocycles. The Morgan fingerprint density at radius 1 is 1.09 bits per heavy atom. The fraction of sp³-hybridized carbons (Fsp3) is 0.900. The van der Waals surface area contributed by atoms with Gasteiger partial charge >= 0.3 is 0 Å². The van der Waals surface area contributed by atoms with Gasteiger partial charge in [-0.25, -0.2) is 0 Å². The first-order chi connectivity index (χ1) is 10.8. The van der Waals surface area contributed by atoms with Crippen LogP contribution in [-0.4, -0.2) is 34.6 Å². The van der Waals surface area contributed by atoms with Crippen molar-refractivity contribution in [1.29, 1.82) is 0 Å². The maximum atomic E-state index is 11.0. The van der Waals surface area contributed by atoms with E-state index in [4.69, 9.17) is 0 Å². The molecule has 3 nitrogen and oxygen atoms in total.